The van der Waals surface area contributed by atoms with E-state index in [1.165, 1.54) is 0 Å². The van der Waals surface area contributed by atoms with Gasteiger partial charge in [0.15, 0.2) is 6.10 Å². The van der Waals surface area contributed by atoms with Gasteiger partial charge in [0, 0.05) is 0 Å². The fraction of sp³-hybridized carbons (Fsp3) is 0.600. The first-order valence-corrected chi connectivity index (χ1v) is 2.85. The van der Waals surface area contributed by atoms with Crippen LogP contribution in [0, 0.1) is 0 Å². The van der Waals surface area contributed by atoms with Gasteiger partial charge in [-0.15, -0.1) is 0 Å². The minimum absolute atomic E-state index is 0. The zero-order valence-electron chi connectivity index (χ0n) is 6.75. The Kier molecular flexibility index (Phi) is 7.41. The molecule has 8 heteroatoms. The van der Waals surface area contributed by atoms with Crippen LogP contribution in [0.3, 0.4) is 0 Å². The summed E-state index contributed by atoms with van der Waals surface area (Å²) in [6.07, 6.45) is -7.07. The zero-order valence-corrected chi connectivity index (χ0v) is 8.75. The molecule has 0 fully saturated rings. The van der Waals surface area contributed by atoms with E-state index in [-0.39, 0.29) is 29.6 Å². The number of aliphatic carboxylic acids is 2. The van der Waals surface area contributed by atoms with E-state index in [0.29, 0.717) is 0 Å². The first-order valence-electron chi connectivity index (χ1n) is 2.85. The Hall–Kier alpha value is -0.180. The number of carbonyl (C=O) groups excluding carboxylic acids is 1. The summed E-state index contributed by atoms with van der Waals surface area (Å²) in [6, 6.07) is 0. The van der Waals surface area contributed by atoms with Gasteiger partial charge >= 0.3 is 35.5 Å². The molecular formula is C5H7NaO7. The molecule has 0 aromatic carbocycles. The van der Waals surface area contributed by atoms with E-state index >= 15 is 0 Å². The molecule has 7 nitrogen and oxygen atoms in total. The quantitative estimate of drug-likeness (QED) is 0.332. The summed E-state index contributed by atoms with van der Waals surface area (Å²) in [4.78, 5) is 19.8. The number of rotatable bonds is 4. The maximum Gasteiger partial charge on any atom is 1.00 e. The van der Waals surface area contributed by atoms with E-state index in [2.05, 4.69) is 0 Å². The van der Waals surface area contributed by atoms with Gasteiger partial charge in [-0.1, -0.05) is 0 Å². The van der Waals surface area contributed by atoms with E-state index in [9.17, 15) is 14.7 Å². The molecule has 0 saturated heterocycles. The van der Waals surface area contributed by atoms with E-state index < -0.39 is 30.3 Å². The van der Waals surface area contributed by atoms with Crippen molar-refractivity contribution in [2.75, 3.05) is 0 Å². The summed E-state index contributed by atoms with van der Waals surface area (Å²) in [6.45, 7) is 0. The molecule has 13 heavy (non-hydrogen) atoms. The molecule has 0 radical (unpaired) electrons. The number of carboxylic acids is 2. The van der Waals surface area contributed by atoms with E-state index in [1.807, 2.05) is 0 Å². The molecule has 0 aliphatic rings. The fourth-order valence-corrected chi connectivity index (χ4v) is 0.458. The van der Waals surface area contributed by atoms with Crippen molar-refractivity contribution in [2.45, 2.75) is 18.3 Å². The molecule has 70 valence electrons. The van der Waals surface area contributed by atoms with Crippen molar-refractivity contribution >= 4 is 11.9 Å². The van der Waals surface area contributed by atoms with Crippen LogP contribution in [-0.2, 0) is 9.59 Å². The minimum Gasteiger partial charge on any atom is -0.547 e. The van der Waals surface area contributed by atoms with Gasteiger partial charge < -0.3 is 30.3 Å². The average Bonchev–Trinajstić information content (AvgIpc) is 2.00. The normalized spacial score (nSPS) is 16.5. The molecule has 0 aromatic rings. The van der Waals surface area contributed by atoms with Gasteiger partial charge in [-0.2, -0.15) is 0 Å². The zero-order chi connectivity index (χ0) is 9.89. The number of aliphatic hydroxyl groups is 3. The summed E-state index contributed by atoms with van der Waals surface area (Å²) < 4.78 is 0. The minimum atomic E-state index is -2.42. The molecule has 3 atom stereocenters. The summed E-state index contributed by atoms with van der Waals surface area (Å²) in [5.41, 5.74) is 0. The molecular weight excluding hydrogens is 195 g/mol. The van der Waals surface area contributed by atoms with E-state index in [1.54, 1.807) is 0 Å². The monoisotopic (exact) mass is 202 g/mol. The molecule has 4 N–H and O–H groups in total. The standard InChI is InChI=1S/C5H8O7.Na/c6-1(2(7)4(9)10)3(8)5(11)12;/h1-3,6-8H,(H,9,10)(H,11,12);/q;+1/p-1/t1-,2-,3+;. The van der Waals surface area contributed by atoms with Crippen LogP contribution >= 0.6 is 0 Å². The van der Waals surface area contributed by atoms with E-state index in [4.69, 9.17) is 20.4 Å². The number of hydrogen-bond donors (Lipinski definition) is 4. The summed E-state index contributed by atoms with van der Waals surface area (Å²) >= 11 is 0. The van der Waals surface area contributed by atoms with Crippen LogP contribution < -0.4 is 34.7 Å². The second-order valence-corrected chi connectivity index (χ2v) is 2.04. The van der Waals surface area contributed by atoms with Gasteiger partial charge in [-0.3, -0.25) is 0 Å². The molecule has 0 saturated carbocycles. The van der Waals surface area contributed by atoms with Crippen LogP contribution in [0.15, 0.2) is 0 Å². The smallest absolute Gasteiger partial charge is 0.547 e. The van der Waals surface area contributed by atoms with Crippen molar-refractivity contribution in [3.63, 3.8) is 0 Å². The largest absolute Gasteiger partial charge is 1.00 e. The molecule has 0 spiro atoms. The number of hydrogen-bond acceptors (Lipinski definition) is 6. The molecule has 0 bridgehead atoms. The van der Waals surface area contributed by atoms with Gasteiger partial charge in [0.25, 0.3) is 0 Å². The Morgan fingerprint density at radius 2 is 1.46 bits per heavy atom. The number of aliphatic hydroxyl groups excluding tert-OH is 3. The van der Waals surface area contributed by atoms with Crippen LogP contribution in [0.25, 0.3) is 0 Å². The second-order valence-electron chi connectivity index (χ2n) is 2.04. The Balaban J connectivity index is 0. The Morgan fingerprint density at radius 1 is 1.08 bits per heavy atom. The van der Waals surface area contributed by atoms with Crippen molar-refractivity contribution < 1.29 is 64.7 Å². The van der Waals surface area contributed by atoms with Crippen molar-refractivity contribution in [1.82, 2.24) is 0 Å². The number of carbonyl (C=O) groups is 2. The third-order valence-corrected chi connectivity index (χ3v) is 1.14. The molecule has 0 aliphatic heterocycles. The van der Waals surface area contributed by atoms with Crippen molar-refractivity contribution in [3.8, 4) is 0 Å². The molecule has 0 heterocycles. The van der Waals surface area contributed by atoms with Crippen molar-refractivity contribution in [1.29, 1.82) is 0 Å². The van der Waals surface area contributed by atoms with Gasteiger partial charge in [0.1, 0.15) is 12.2 Å². The third kappa shape index (κ3) is 4.55. The number of carboxylic acid groups (broad SMARTS) is 2. The Labute approximate surface area is 94.9 Å². The first-order chi connectivity index (χ1) is 5.37. The van der Waals surface area contributed by atoms with Crippen LogP contribution in [0.5, 0.6) is 0 Å². The van der Waals surface area contributed by atoms with Crippen molar-refractivity contribution in [3.05, 3.63) is 0 Å². The predicted molar refractivity (Wildman–Crippen MR) is 30.7 cm³/mol. The van der Waals surface area contributed by atoms with Crippen LogP contribution in [-0.4, -0.2) is 50.7 Å². The Bertz CT molecular complexity index is 173. The van der Waals surface area contributed by atoms with Gasteiger partial charge in [0.05, 0.1) is 5.97 Å². The topological polar surface area (TPSA) is 138 Å². The van der Waals surface area contributed by atoms with Crippen LogP contribution in [0.1, 0.15) is 0 Å². The Morgan fingerprint density at radius 3 is 1.69 bits per heavy atom. The molecule has 0 aliphatic carbocycles. The van der Waals surface area contributed by atoms with Gasteiger partial charge in [0.2, 0.25) is 0 Å². The summed E-state index contributed by atoms with van der Waals surface area (Å²) in [5.74, 6) is -3.88. The second kappa shape index (κ2) is 6.30. The SMILES string of the molecule is O=C(O)[C@@H](O)[C@H](O)[C@@H](O)C(=O)[O-].[Na+]. The molecule has 0 amide bonds. The summed E-state index contributed by atoms with van der Waals surface area (Å²) in [7, 11) is 0. The van der Waals surface area contributed by atoms with E-state index in [0.717, 1.165) is 0 Å². The third-order valence-electron chi connectivity index (χ3n) is 1.14. The molecule has 0 rings (SSSR count). The average molecular weight is 202 g/mol. The maximum atomic E-state index is 9.93. The fourth-order valence-electron chi connectivity index (χ4n) is 0.458. The predicted octanol–water partition coefficient (Wildman–Crippen LogP) is -7.09. The van der Waals surface area contributed by atoms with Gasteiger partial charge in [-0.25, -0.2) is 4.79 Å². The maximum absolute atomic E-state index is 9.93. The molecule has 0 aromatic heterocycles. The summed E-state index contributed by atoms with van der Waals surface area (Å²) in [5, 5.41) is 43.5. The van der Waals surface area contributed by atoms with Crippen LogP contribution in [0.4, 0.5) is 0 Å². The van der Waals surface area contributed by atoms with Gasteiger partial charge in [-0.05, 0) is 0 Å². The first kappa shape index (κ1) is 15.3. The van der Waals surface area contributed by atoms with Crippen LogP contribution in [0.2, 0.25) is 0 Å². The molecule has 0 unspecified atom stereocenters. The van der Waals surface area contributed by atoms with Crippen molar-refractivity contribution in [2.24, 2.45) is 0 Å².